The van der Waals surface area contributed by atoms with Crippen LogP contribution in [0.25, 0.3) is 0 Å². The van der Waals surface area contributed by atoms with E-state index in [9.17, 15) is 4.79 Å². The minimum absolute atomic E-state index is 0.0580. The van der Waals surface area contributed by atoms with E-state index in [1.807, 2.05) is 36.1 Å². The van der Waals surface area contributed by atoms with Crippen LogP contribution in [0.1, 0.15) is 27.2 Å². The third kappa shape index (κ3) is 4.39. The molecule has 2 heterocycles. The number of halogens is 1. The highest BCUT2D eigenvalue weighted by molar-refractivity contribution is 6.33. The Hall–Kier alpha value is -2.99. The summed E-state index contributed by atoms with van der Waals surface area (Å²) in [6.07, 6.45) is 0. The molecule has 1 aliphatic rings. The Morgan fingerprint density at radius 1 is 1.03 bits per heavy atom. The Morgan fingerprint density at radius 3 is 2.39 bits per heavy atom. The fraction of sp³-hybridized carbons (Fsp3) is 0.333. The van der Waals surface area contributed by atoms with E-state index in [1.165, 1.54) is 5.56 Å². The lowest BCUT2D eigenvalue weighted by Crippen LogP contribution is -2.49. The molecule has 0 radical (unpaired) electrons. The van der Waals surface area contributed by atoms with Crippen LogP contribution in [0.2, 0.25) is 5.15 Å². The highest BCUT2D eigenvalue weighted by Crippen LogP contribution is 2.29. The van der Waals surface area contributed by atoms with Crippen LogP contribution in [0.5, 0.6) is 5.75 Å². The van der Waals surface area contributed by atoms with Gasteiger partial charge in [0.1, 0.15) is 10.9 Å². The largest absolute Gasteiger partial charge is 0.495 e. The quantitative estimate of drug-likeness (QED) is 0.599. The van der Waals surface area contributed by atoms with Gasteiger partial charge >= 0.3 is 0 Å². The number of ether oxygens (including phenoxy) is 1. The summed E-state index contributed by atoms with van der Waals surface area (Å²) in [5, 5.41) is 4.94. The number of anilines is 1. The molecule has 0 bridgehead atoms. The van der Waals surface area contributed by atoms with Crippen LogP contribution in [0.3, 0.4) is 0 Å². The molecule has 7 heteroatoms. The number of nitrogens with zero attached hydrogens (tertiary/aromatic N) is 4. The SMILES string of the molecule is COc1ccccc1N1CCN(C(=O)c2c(C)nn(Cc3ccc(C)cc3)c2Cl)CC1. The smallest absolute Gasteiger partial charge is 0.259 e. The Bertz CT molecular complexity index is 1070. The molecule has 6 nitrogen and oxygen atoms in total. The van der Waals surface area contributed by atoms with Crippen molar-refractivity contribution in [3.63, 3.8) is 0 Å². The van der Waals surface area contributed by atoms with E-state index in [0.717, 1.165) is 30.1 Å². The third-order valence-electron chi connectivity index (χ3n) is 5.72. The average Bonchev–Trinajstić information content (AvgIpc) is 3.07. The van der Waals surface area contributed by atoms with E-state index in [4.69, 9.17) is 16.3 Å². The van der Waals surface area contributed by atoms with Crippen LogP contribution in [0.4, 0.5) is 5.69 Å². The maximum atomic E-state index is 13.3. The van der Waals surface area contributed by atoms with Crippen molar-refractivity contribution in [2.75, 3.05) is 38.2 Å². The molecule has 0 aliphatic carbocycles. The molecule has 0 unspecified atom stereocenters. The van der Waals surface area contributed by atoms with Gasteiger partial charge in [0.05, 0.1) is 30.6 Å². The predicted octanol–water partition coefficient (Wildman–Crippen LogP) is 4.17. The van der Waals surface area contributed by atoms with E-state index in [0.29, 0.717) is 36.0 Å². The van der Waals surface area contributed by atoms with Crippen molar-refractivity contribution >= 4 is 23.2 Å². The van der Waals surface area contributed by atoms with Gasteiger partial charge in [-0.05, 0) is 31.5 Å². The number of hydrogen-bond donors (Lipinski definition) is 0. The first-order chi connectivity index (χ1) is 15.0. The Balaban J connectivity index is 1.46. The molecule has 1 aromatic heterocycles. The molecule has 4 rings (SSSR count). The Morgan fingerprint density at radius 2 is 1.71 bits per heavy atom. The lowest BCUT2D eigenvalue weighted by molar-refractivity contribution is 0.0746. The zero-order chi connectivity index (χ0) is 22.0. The molecular weight excluding hydrogens is 412 g/mol. The van der Waals surface area contributed by atoms with Gasteiger partial charge in [0, 0.05) is 26.2 Å². The molecule has 1 aliphatic heterocycles. The summed E-state index contributed by atoms with van der Waals surface area (Å²) in [5.74, 6) is 0.788. The molecule has 0 saturated carbocycles. The van der Waals surface area contributed by atoms with Gasteiger partial charge in [0.2, 0.25) is 0 Å². The van der Waals surface area contributed by atoms with Gasteiger partial charge in [0.15, 0.2) is 0 Å². The van der Waals surface area contributed by atoms with Crippen molar-refractivity contribution in [3.05, 3.63) is 76.1 Å². The number of amides is 1. The first-order valence-electron chi connectivity index (χ1n) is 10.4. The number of rotatable bonds is 5. The molecule has 1 fully saturated rings. The van der Waals surface area contributed by atoms with Crippen LogP contribution < -0.4 is 9.64 Å². The summed E-state index contributed by atoms with van der Waals surface area (Å²) in [6.45, 7) is 7.15. The summed E-state index contributed by atoms with van der Waals surface area (Å²) in [7, 11) is 1.68. The molecule has 0 N–H and O–H groups in total. The topological polar surface area (TPSA) is 50.6 Å². The van der Waals surface area contributed by atoms with Crippen LogP contribution in [-0.4, -0.2) is 53.9 Å². The summed E-state index contributed by atoms with van der Waals surface area (Å²) < 4.78 is 7.19. The second-order valence-corrected chi connectivity index (χ2v) is 8.20. The zero-order valence-corrected chi connectivity index (χ0v) is 18.9. The monoisotopic (exact) mass is 438 g/mol. The number of aryl methyl sites for hydroxylation is 2. The van der Waals surface area contributed by atoms with E-state index in [1.54, 1.807) is 11.8 Å². The summed E-state index contributed by atoms with van der Waals surface area (Å²) >= 11 is 6.62. The van der Waals surface area contributed by atoms with Gasteiger partial charge in [0.25, 0.3) is 5.91 Å². The standard InChI is InChI=1S/C24H27ClN4O2/c1-17-8-10-19(11-9-17)16-29-23(25)22(18(2)26-29)24(30)28-14-12-27(13-15-28)20-6-4-5-7-21(20)31-3/h4-11H,12-16H2,1-3H3. The van der Waals surface area contributed by atoms with Crippen LogP contribution >= 0.6 is 11.6 Å². The molecule has 162 valence electrons. The van der Waals surface area contributed by atoms with Crippen LogP contribution in [-0.2, 0) is 6.54 Å². The Kier molecular flexibility index (Phi) is 6.18. The minimum atomic E-state index is -0.0580. The number of hydrogen-bond acceptors (Lipinski definition) is 4. The summed E-state index contributed by atoms with van der Waals surface area (Å²) in [5.41, 5.74) is 4.51. The molecule has 3 aromatic rings. The van der Waals surface area contributed by atoms with Crippen molar-refractivity contribution in [1.82, 2.24) is 14.7 Å². The van der Waals surface area contributed by atoms with Gasteiger partial charge in [-0.1, -0.05) is 53.6 Å². The second-order valence-electron chi connectivity index (χ2n) is 7.85. The van der Waals surface area contributed by atoms with Crippen LogP contribution in [0, 0.1) is 13.8 Å². The Labute approximate surface area is 188 Å². The molecule has 31 heavy (non-hydrogen) atoms. The molecule has 1 amide bonds. The zero-order valence-electron chi connectivity index (χ0n) is 18.1. The molecule has 1 saturated heterocycles. The second kappa shape index (κ2) is 9.02. The third-order valence-corrected chi connectivity index (χ3v) is 6.11. The van der Waals surface area contributed by atoms with Crippen molar-refractivity contribution in [2.45, 2.75) is 20.4 Å². The first-order valence-corrected chi connectivity index (χ1v) is 10.8. The number of benzene rings is 2. The van der Waals surface area contributed by atoms with Gasteiger partial charge in [-0.2, -0.15) is 5.10 Å². The fourth-order valence-corrected chi connectivity index (χ4v) is 4.28. The van der Waals surface area contributed by atoms with Gasteiger partial charge < -0.3 is 14.5 Å². The van der Waals surface area contributed by atoms with Gasteiger partial charge in [-0.25, -0.2) is 4.68 Å². The molecular formula is C24H27ClN4O2. The number of para-hydroxylation sites is 2. The van der Waals surface area contributed by atoms with Crippen molar-refractivity contribution in [1.29, 1.82) is 0 Å². The average molecular weight is 439 g/mol. The number of aromatic nitrogens is 2. The number of methoxy groups -OCH3 is 1. The number of carbonyl (C=O) groups is 1. The van der Waals surface area contributed by atoms with Crippen molar-refractivity contribution in [3.8, 4) is 5.75 Å². The van der Waals surface area contributed by atoms with Crippen molar-refractivity contribution in [2.24, 2.45) is 0 Å². The number of carbonyl (C=O) groups excluding carboxylic acids is 1. The van der Waals surface area contributed by atoms with E-state index in [2.05, 4.69) is 41.2 Å². The molecule has 0 spiro atoms. The molecule has 2 aromatic carbocycles. The highest BCUT2D eigenvalue weighted by Gasteiger charge is 2.28. The normalized spacial score (nSPS) is 14.1. The lowest BCUT2D eigenvalue weighted by atomic mass is 10.1. The highest BCUT2D eigenvalue weighted by atomic mass is 35.5. The summed E-state index contributed by atoms with van der Waals surface area (Å²) in [4.78, 5) is 17.4. The lowest BCUT2D eigenvalue weighted by Gasteiger charge is -2.36. The fourth-order valence-electron chi connectivity index (χ4n) is 3.97. The van der Waals surface area contributed by atoms with E-state index < -0.39 is 0 Å². The van der Waals surface area contributed by atoms with Crippen molar-refractivity contribution < 1.29 is 9.53 Å². The van der Waals surface area contributed by atoms with E-state index >= 15 is 0 Å². The molecule has 0 atom stereocenters. The maximum absolute atomic E-state index is 13.3. The summed E-state index contributed by atoms with van der Waals surface area (Å²) in [6, 6.07) is 16.2. The van der Waals surface area contributed by atoms with Crippen LogP contribution in [0.15, 0.2) is 48.5 Å². The van der Waals surface area contributed by atoms with Gasteiger partial charge in [-0.15, -0.1) is 0 Å². The first kappa shape index (κ1) is 21.2. The van der Waals surface area contributed by atoms with E-state index in [-0.39, 0.29) is 5.91 Å². The van der Waals surface area contributed by atoms with Gasteiger partial charge in [-0.3, -0.25) is 4.79 Å². The number of piperazine rings is 1. The predicted molar refractivity (Wildman–Crippen MR) is 123 cm³/mol. The minimum Gasteiger partial charge on any atom is -0.495 e. The maximum Gasteiger partial charge on any atom is 0.259 e.